The highest BCUT2D eigenvalue weighted by atomic mass is 35.5. The Hall–Kier alpha value is -1.56. The second-order valence-corrected chi connectivity index (χ2v) is 8.66. The summed E-state index contributed by atoms with van der Waals surface area (Å²) >= 11 is 12.8. The molecule has 1 aromatic heterocycles. The first-order valence-electron chi connectivity index (χ1n) is 8.75. The molecule has 0 spiro atoms. The standard InChI is InChI=1S/C20H18ClNO2S2/c21-14-8-6-13(7-9-14)17-11-10-16(24-17)12-18-19(23)22(20(25)26-18)15-4-2-1-3-5-15/h6-12,15H,1-5H2/b18-12-. The molecule has 2 aliphatic rings. The van der Waals surface area contributed by atoms with Crippen LogP contribution in [0.25, 0.3) is 17.4 Å². The average molecular weight is 404 g/mol. The van der Waals surface area contributed by atoms with E-state index < -0.39 is 0 Å². The van der Waals surface area contributed by atoms with E-state index in [1.54, 1.807) is 6.08 Å². The van der Waals surface area contributed by atoms with Crippen LogP contribution in [0, 0.1) is 0 Å². The molecule has 1 saturated heterocycles. The van der Waals surface area contributed by atoms with Gasteiger partial charge in [0.05, 0.1) is 4.91 Å². The number of carbonyl (C=O) groups is 1. The fourth-order valence-electron chi connectivity index (χ4n) is 3.46. The summed E-state index contributed by atoms with van der Waals surface area (Å²) in [4.78, 5) is 15.3. The summed E-state index contributed by atoms with van der Waals surface area (Å²) in [7, 11) is 0. The molecule has 4 rings (SSSR count). The third kappa shape index (κ3) is 3.61. The van der Waals surface area contributed by atoms with Crippen LogP contribution < -0.4 is 0 Å². The van der Waals surface area contributed by atoms with E-state index in [-0.39, 0.29) is 11.9 Å². The van der Waals surface area contributed by atoms with Crippen molar-refractivity contribution < 1.29 is 9.21 Å². The van der Waals surface area contributed by atoms with Crippen LogP contribution in [0.4, 0.5) is 0 Å². The van der Waals surface area contributed by atoms with Crippen LogP contribution in [-0.2, 0) is 4.79 Å². The van der Waals surface area contributed by atoms with Gasteiger partial charge in [0.25, 0.3) is 5.91 Å². The number of rotatable bonds is 3. The Morgan fingerprint density at radius 3 is 2.58 bits per heavy atom. The van der Waals surface area contributed by atoms with Crippen LogP contribution in [0.1, 0.15) is 37.9 Å². The number of thioether (sulfide) groups is 1. The third-order valence-electron chi connectivity index (χ3n) is 4.79. The van der Waals surface area contributed by atoms with Gasteiger partial charge in [-0.25, -0.2) is 0 Å². The molecule has 1 aromatic carbocycles. The topological polar surface area (TPSA) is 33.5 Å². The highest BCUT2D eigenvalue weighted by Crippen LogP contribution is 2.37. The molecular formula is C20H18ClNO2S2. The minimum atomic E-state index is 0.0105. The lowest BCUT2D eigenvalue weighted by atomic mass is 9.94. The van der Waals surface area contributed by atoms with Gasteiger partial charge >= 0.3 is 0 Å². The van der Waals surface area contributed by atoms with Crippen molar-refractivity contribution in [3.05, 3.63) is 52.1 Å². The fourth-order valence-corrected chi connectivity index (χ4v) is 4.97. The maximum atomic E-state index is 12.8. The van der Waals surface area contributed by atoms with Gasteiger partial charge in [-0.2, -0.15) is 0 Å². The number of amides is 1. The molecule has 26 heavy (non-hydrogen) atoms. The SMILES string of the molecule is O=C1/C(=C/c2ccc(-c3ccc(Cl)cc3)o2)SC(=S)N1C1CCCCC1. The van der Waals surface area contributed by atoms with E-state index >= 15 is 0 Å². The van der Waals surface area contributed by atoms with Crippen molar-refractivity contribution in [3.63, 3.8) is 0 Å². The van der Waals surface area contributed by atoms with Gasteiger partial charge in [0, 0.05) is 22.7 Å². The van der Waals surface area contributed by atoms with Crippen molar-refractivity contribution in [1.82, 2.24) is 4.90 Å². The van der Waals surface area contributed by atoms with E-state index in [9.17, 15) is 4.79 Å². The molecule has 0 radical (unpaired) electrons. The van der Waals surface area contributed by atoms with Gasteiger partial charge in [-0.1, -0.05) is 54.8 Å². The van der Waals surface area contributed by atoms with Crippen molar-refractivity contribution in [3.8, 4) is 11.3 Å². The van der Waals surface area contributed by atoms with Crippen LogP contribution in [0.15, 0.2) is 45.7 Å². The minimum absolute atomic E-state index is 0.0105. The van der Waals surface area contributed by atoms with Gasteiger partial charge in [-0.05, 0) is 49.2 Å². The number of thiocarbonyl (C=S) groups is 1. The molecule has 134 valence electrons. The maximum absolute atomic E-state index is 12.8. The average Bonchev–Trinajstić information content (AvgIpc) is 3.21. The number of furan rings is 1. The Morgan fingerprint density at radius 2 is 1.85 bits per heavy atom. The molecule has 0 atom stereocenters. The third-order valence-corrected chi connectivity index (χ3v) is 6.37. The number of hydrogen-bond acceptors (Lipinski definition) is 4. The number of hydrogen-bond donors (Lipinski definition) is 0. The molecular weight excluding hydrogens is 386 g/mol. The minimum Gasteiger partial charge on any atom is -0.457 e. The summed E-state index contributed by atoms with van der Waals surface area (Å²) < 4.78 is 6.55. The second kappa shape index (κ2) is 7.59. The molecule has 1 aliphatic heterocycles. The smallest absolute Gasteiger partial charge is 0.266 e. The molecule has 6 heteroatoms. The molecule has 2 aromatic rings. The van der Waals surface area contributed by atoms with E-state index in [1.807, 2.05) is 41.3 Å². The van der Waals surface area contributed by atoms with Gasteiger partial charge in [0.15, 0.2) is 0 Å². The lowest BCUT2D eigenvalue weighted by molar-refractivity contribution is -0.124. The van der Waals surface area contributed by atoms with Crippen molar-refractivity contribution in [2.45, 2.75) is 38.1 Å². The van der Waals surface area contributed by atoms with Gasteiger partial charge in [0.1, 0.15) is 15.8 Å². The van der Waals surface area contributed by atoms with Crippen molar-refractivity contribution in [2.75, 3.05) is 0 Å². The highest BCUT2D eigenvalue weighted by molar-refractivity contribution is 8.26. The Labute approximate surface area is 167 Å². The monoisotopic (exact) mass is 403 g/mol. The zero-order chi connectivity index (χ0) is 18.1. The van der Waals surface area contributed by atoms with Gasteiger partial charge < -0.3 is 4.42 Å². The van der Waals surface area contributed by atoms with Gasteiger partial charge in [-0.3, -0.25) is 9.69 Å². The van der Waals surface area contributed by atoms with E-state index in [1.165, 1.54) is 31.0 Å². The molecule has 0 N–H and O–H groups in total. The first kappa shape index (κ1) is 17.8. The van der Waals surface area contributed by atoms with E-state index in [0.717, 1.165) is 24.2 Å². The highest BCUT2D eigenvalue weighted by Gasteiger charge is 2.37. The van der Waals surface area contributed by atoms with Crippen LogP contribution in [0.2, 0.25) is 5.02 Å². The summed E-state index contributed by atoms with van der Waals surface area (Å²) in [5, 5.41) is 0.687. The van der Waals surface area contributed by atoms with Crippen LogP contribution in [-0.4, -0.2) is 21.2 Å². The van der Waals surface area contributed by atoms with Gasteiger partial charge in [-0.15, -0.1) is 0 Å². The Morgan fingerprint density at radius 1 is 1.12 bits per heavy atom. The predicted molar refractivity (Wildman–Crippen MR) is 111 cm³/mol. The Bertz CT molecular complexity index is 866. The summed E-state index contributed by atoms with van der Waals surface area (Å²) in [6.07, 6.45) is 7.47. The lowest BCUT2D eigenvalue weighted by Gasteiger charge is -2.29. The number of carbonyl (C=O) groups excluding carboxylic acids is 1. The van der Waals surface area contributed by atoms with E-state index in [0.29, 0.717) is 20.0 Å². The predicted octanol–water partition coefficient (Wildman–Crippen LogP) is 6.13. The zero-order valence-electron chi connectivity index (χ0n) is 14.1. The fraction of sp³-hybridized carbons (Fsp3) is 0.300. The summed E-state index contributed by atoms with van der Waals surface area (Å²) in [6.45, 7) is 0. The molecule has 2 fully saturated rings. The molecule has 2 heterocycles. The first-order chi connectivity index (χ1) is 12.6. The van der Waals surface area contributed by atoms with Gasteiger partial charge in [0.2, 0.25) is 0 Å². The van der Waals surface area contributed by atoms with Crippen LogP contribution in [0.5, 0.6) is 0 Å². The lowest BCUT2D eigenvalue weighted by Crippen LogP contribution is -2.39. The first-order valence-corrected chi connectivity index (χ1v) is 10.3. The number of benzene rings is 1. The van der Waals surface area contributed by atoms with Crippen LogP contribution in [0.3, 0.4) is 0 Å². The van der Waals surface area contributed by atoms with E-state index in [2.05, 4.69) is 0 Å². The summed E-state index contributed by atoms with van der Waals surface area (Å²) in [5.41, 5.74) is 0.948. The van der Waals surface area contributed by atoms with Crippen molar-refractivity contribution in [1.29, 1.82) is 0 Å². The molecule has 1 amide bonds. The molecule has 1 aliphatic carbocycles. The molecule has 3 nitrogen and oxygen atoms in total. The molecule has 1 saturated carbocycles. The normalized spacial score (nSPS) is 20.3. The summed E-state index contributed by atoms with van der Waals surface area (Å²) in [6, 6.07) is 11.5. The van der Waals surface area contributed by atoms with Crippen molar-refractivity contribution in [2.24, 2.45) is 0 Å². The maximum Gasteiger partial charge on any atom is 0.266 e. The molecule has 0 unspecified atom stereocenters. The quantitative estimate of drug-likeness (QED) is 0.455. The summed E-state index contributed by atoms with van der Waals surface area (Å²) in [5.74, 6) is 1.41. The van der Waals surface area contributed by atoms with Crippen molar-refractivity contribution >= 4 is 51.9 Å². The number of halogens is 1. The Balaban J connectivity index is 1.54. The van der Waals surface area contributed by atoms with E-state index in [4.69, 9.17) is 28.2 Å². The zero-order valence-corrected chi connectivity index (χ0v) is 16.5. The van der Waals surface area contributed by atoms with Crippen LogP contribution >= 0.6 is 35.6 Å². The number of nitrogens with zero attached hydrogens (tertiary/aromatic N) is 1. The largest absolute Gasteiger partial charge is 0.457 e. The molecule has 0 bridgehead atoms. The second-order valence-electron chi connectivity index (χ2n) is 6.55. The Kier molecular flexibility index (Phi) is 5.20.